The van der Waals surface area contributed by atoms with Gasteiger partial charge in [-0.15, -0.1) is 11.3 Å². The lowest BCUT2D eigenvalue weighted by molar-refractivity contribution is 0.170. The molecule has 2 aromatic rings. The van der Waals surface area contributed by atoms with Crippen molar-refractivity contribution in [3.8, 4) is 11.5 Å². The summed E-state index contributed by atoms with van der Waals surface area (Å²) < 4.78 is 10.4. The maximum absolute atomic E-state index is 11.8. The van der Waals surface area contributed by atoms with E-state index in [1.54, 1.807) is 20.3 Å². The van der Waals surface area contributed by atoms with Gasteiger partial charge in [-0.3, -0.25) is 0 Å². The number of hydrogen-bond acceptors (Lipinski definition) is 5. The Morgan fingerprint density at radius 3 is 2.67 bits per heavy atom. The van der Waals surface area contributed by atoms with E-state index in [2.05, 4.69) is 10.6 Å². The van der Waals surface area contributed by atoms with Crippen molar-refractivity contribution in [3.63, 3.8) is 0 Å². The number of methoxy groups -OCH3 is 2. The number of carbonyl (C=O) groups is 1. The van der Waals surface area contributed by atoms with Crippen LogP contribution < -0.4 is 20.1 Å². The van der Waals surface area contributed by atoms with Crippen LogP contribution in [0.25, 0.3) is 0 Å². The summed E-state index contributed by atoms with van der Waals surface area (Å²) in [5.74, 6) is 1.27. The fourth-order valence-corrected chi connectivity index (χ4v) is 2.93. The van der Waals surface area contributed by atoms with Crippen LogP contribution in [0, 0.1) is 0 Å². The number of nitrogens with one attached hydrogen (secondary N) is 2. The van der Waals surface area contributed by atoms with Gasteiger partial charge in [0.05, 0.1) is 20.3 Å². The smallest absolute Gasteiger partial charge is 0.315 e. The summed E-state index contributed by atoms with van der Waals surface area (Å²) in [6.07, 6.45) is -0.0688. The van der Waals surface area contributed by atoms with Gasteiger partial charge in [-0.25, -0.2) is 4.79 Å². The fraction of sp³-hybridized carbons (Fsp3) is 0.353. The molecule has 0 fully saturated rings. The SMILES string of the molecule is COc1ccc(CNC(=O)NCCC(O)c2cccs2)cc1OC. The molecule has 0 aliphatic heterocycles. The Morgan fingerprint density at radius 1 is 1.21 bits per heavy atom. The molecule has 0 aliphatic rings. The molecule has 0 spiro atoms. The number of hydrogen-bond donors (Lipinski definition) is 3. The third-order valence-electron chi connectivity index (χ3n) is 3.48. The number of aliphatic hydroxyl groups excluding tert-OH is 1. The summed E-state index contributed by atoms with van der Waals surface area (Å²) in [6, 6.07) is 8.98. The van der Waals surface area contributed by atoms with Crippen LogP contribution in [0.4, 0.5) is 4.79 Å². The first-order valence-electron chi connectivity index (χ1n) is 7.58. The third-order valence-corrected chi connectivity index (χ3v) is 4.45. The first-order valence-corrected chi connectivity index (χ1v) is 8.46. The van der Waals surface area contributed by atoms with Crippen molar-refractivity contribution in [3.05, 3.63) is 46.2 Å². The van der Waals surface area contributed by atoms with Crippen molar-refractivity contribution in [2.24, 2.45) is 0 Å². The van der Waals surface area contributed by atoms with Crippen LogP contribution in [0.15, 0.2) is 35.7 Å². The molecule has 0 saturated carbocycles. The molecule has 130 valence electrons. The maximum atomic E-state index is 11.8. The van der Waals surface area contributed by atoms with E-state index >= 15 is 0 Å². The molecule has 6 nitrogen and oxygen atoms in total. The number of amides is 2. The van der Waals surface area contributed by atoms with Crippen LogP contribution in [0.2, 0.25) is 0 Å². The summed E-state index contributed by atoms with van der Waals surface area (Å²) in [5, 5.41) is 17.4. The van der Waals surface area contributed by atoms with Crippen LogP contribution in [-0.2, 0) is 6.54 Å². The highest BCUT2D eigenvalue weighted by molar-refractivity contribution is 7.10. The van der Waals surface area contributed by atoms with E-state index in [4.69, 9.17) is 9.47 Å². The molecular formula is C17H22N2O4S. The van der Waals surface area contributed by atoms with Gasteiger partial charge in [0.2, 0.25) is 0 Å². The molecule has 0 radical (unpaired) electrons. The Labute approximate surface area is 145 Å². The van der Waals surface area contributed by atoms with Gasteiger partial charge >= 0.3 is 6.03 Å². The Hall–Kier alpha value is -2.25. The zero-order valence-corrected chi connectivity index (χ0v) is 14.6. The Morgan fingerprint density at radius 2 is 2.00 bits per heavy atom. The Balaban J connectivity index is 1.73. The van der Waals surface area contributed by atoms with Crippen molar-refractivity contribution >= 4 is 17.4 Å². The lowest BCUT2D eigenvalue weighted by atomic mass is 10.2. The third kappa shape index (κ3) is 5.14. The molecule has 2 amide bonds. The first kappa shape index (κ1) is 18.1. The monoisotopic (exact) mass is 350 g/mol. The molecule has 1 unspecified atom stereocenters. The molecule has 1 heterocycles. The van der Waals surface area contributed by atoms with Gasteiger partial charge in [0.15, 0.2) is 11.5 Å². The number of benzene rings is 1. The second-order valence-electron chi connectivity index (χ2n) is 5.12. The van der Waals surface area contributed by atoms with E-state index in [-0.39, 0.29) is 6.03 Å². The van der Waals surface area contributed by atoms with Gasteiger partial charge < -0.3 is 25.2 Å². The van der Waals surface area contributed by atoms with Gasteiger partial charge in [-0.05, 0) is 35.6 Å². The summed E-state index contributed by atoms with van der Waals surface area (Å²) >= 11 is 1.50. The van der Waals surface area contributed by atoms with Crippen molar-refractivity contribution in [2.45, 2.75) is 19.1 Å². The minimum Gasteiger partial charge on any atom is -0.493 e. The summed E-state index contributed by atoms with van der Waals surface area (Å²) in [7, 11) is 3.15. The van der Waals surface area contributed by atoms with Crippen LogP contribution >= 0.6 is 11.3 Å². The predicted octanol–water partition coefficient (Wildman–Crippen LogP) is 2.69. The van der Waals surface area contributed by atoms with Crippen molar-refractivity contribution in [2.75, 3.05) is 20.8 Å². The van der Waals surface area contributed by atoms with Gasteiger partial charge in [-0.2, -0.15) is 0 Å². The molecule has 0 saturated heterocycles. The quantitative estimate of drug-likeness (QED) is 0.684. The zero-order valence-electron chi connectivity index (χ0n) is 13.7. The van der Waals surface area contributed by atoms with E-state index in [1.165, 1.54) is 11.3 Å². The van der Waals surface area contributed by atoms with E-state index in [0.717, 1.165) is 10.4 Å². The van der Waals surface area contributed by atoms with Crippen LogP contribution in [0.3, 0.4) is 0 Å². The molecule has 1 aromatic heterocycles. The van der Waals surface area contributed by atoms with Crippen LogP contribution in [0.5, 0.6) is 11.5 Å². The molecule has 3 N–H and O–H groups in total. The summed E-state index contributed by atoms with van der Waals surface area (Å²) in [5.41, 5.74) is 0.904. The molecule has 0 bridgehead atoms. The van der Waals surface area contributed by atoms with Gasteiger partial charge in [0, 0.05) is 18.0 Å². The lowest BCUT2D eigenvalue weighted by Crippen LogP contribution is -2.36. The molecule has 24 heavy (non-hydrogen) atoms. The molecule has 7 heteroatoms. The number of ether oxygens (including phenoxy) is 2. The van der Waals surface area contributed by atoms with Crippen molar-refractivity contribution in [1.82, 2.24) is 10.6 Å². The summed E-state index contributed by atoms with van der Waals surface area (Å²) in [4.78, 5) is 12.7. The normalized spacial score (nSPS) is 11.6. The molecule has 1 aromatic carbocycles. The predicted molar refractivity (Wildman–Crippen MR) is 93.7 cm³/mol. The number of aliphatic hydroxyl groups is 1. The second kappa shape index (κ2) is 9.14. The topological polar surface area (TPSA) is 79.8 Å². The molecule has 1 atom stereocenters. The number of carbonyl (C=O) groups excluding carboxylic acids is 1. The number of rotatable bonds is 8. The molecular weight excluding hydrogens is 328 g/mol. The van der Waals surface area contributed by atoms with E-state index in [1.807, 2.05) is 29.6 Å². The largest absolute Gasteiger partial charge is 0.493 e. The minimum absolute atomic E-state index is 0.275. The van der Waals surface area contributed by atoms with Crippen LogP contribution in [0.1, 0.15) is 23.0 Å². The summed E-state index contributed by atoms with van der Waals surface area (Å²) in [6.45, 7) is 0.774. The van der Waals surface area contributed by atoms with Crippen molar-refractivity contribution < 1.29 is 19.4 Å². The highest BCUT2D eigenvalue weighted by atomic mass is 32.1. The average Bonchev–Trinajstić information content (AvgIpc) is 3.14. The molecule has 0 aliphatic carbocycles. The van der Waals surface area contributed by atoms with Gasteiger partial charge in [0.1, 0.15) is 0 Å². The Kier molecular flexibility index (Phi) is 6.89. The molecule has 2 rings (SSSR count). The highest BCUT2D eigenvalue weighted by Gasteiger charge is 2.09. The second-order valence-corrected chi connectivity index (χ2v) is 6.10. The standard InChI is InChI=1S/C17H22N2O4S/c1-22-14-6-5-12(10-15(14)23-2)11-19-17(21)18-8-7-13(20)16-4-3-9-24-16/h3-6,9-10,13,20H,7-8,11H2,1-2H3,(H2,18,19,21). The van der Waals surface area contributed by atoms with E-state index < -0.39 is 6.10 Å². The first-order chi connectivity index (χ1) is 11.6. The Bertz CT molecular complexity index is 646. The number of thiophene rings is 1. The van der Waals surface area contributed by atoms with E-state index in [9.17, 15) is 9.90 Å². The number of urea groups is 1. The minimum atomic E-state index is -0.545. The van der Waals surface area contributed by atoms with E-state index in [0.29, 0.717) is 31.0 Å². The average molecular weight is 350 g/mol. The van der Waals surface area contributed by atoms with Crippen molar-refractivity contribution in [1.29, 1.82) is 0 Å². The fourth-order valence-electron chi connectivity index (χ4n) is 2.18. The maximum Gasteiger partial charge on any atom is 0.315 e. The van der Waals surface area contributed by atoms with Gasteiger partial charge in [-0.1, -0.05) is 12.1 Å². The zero-order chi connectivity index (χ0) is 17.4. The van der Waals surface area contributed by atoms with Crippen LogP contribution in [-0.4, -0.2) is 31.9 Å². The van der Waals surface area contributed by atoms with Gasteiger partial charge in [0.25, 0.3) is 0 Å². The highest BCUT2D eigenvalue weighted by Crippen LogP contribution is 2.27. The lowest BCUT2D eigenvalue weighted by Gasteiger charge is -2.12.